The molecule has 0 spiro atoms. The molecular formula is C18H26N2O. The normalized spacial score (nSPS) is 13.5. The number of hydrogen-bond donors (Lipinski definition) is 1. The van der Waals surface area contributed by atoms with E-state index < -0.39 is 6.10 Å². The fraction of sp³-hybridized carbons (Fsp3) is 0.500. The van der Waals surface area contributed by atoms with Crippen LogP contribution in [0.15, 0.2) is 24.3 Å². The summed E-state index contributed by atoms with van der Waals surface area (Å²) in [7, 11) is 1.94. The molecule has 0 aliphatic carbocycles. The SMILES string of the molecule is Cc1nn(C)c(C)c1CC(O)c1ccc(C(C)(C)C)cc1. The van der Waals surface area contributed by atoms with E-state index in [1.54, 1.807) is 0 Å². The zero-order valence-corrected chi connectivity index (χ0v) is 13.9. The fourth-order valence-corrected chi connectivity index (χ4v) is 2.63. The molecule has 1 heterocycles. The Morgan fingerprint density at radius 1 is 1.14 bits per heavy atom. The monoisotopic (exact) mass is 286 g/mol. The Morgan fingerprint density at radius 3 is 2.14 bits per heavy atom. The van der Waals surface area contributed by atoms with Gasteiger partial charge in [-0.05, 0) is 36.0 Å². The highest BCUT2D eigenvalue weighted by Gasteiger charge is 2.17. The zero-order chi connectivity index (χ0) is 15.8. The Bertz CT molecular complexity index is 618. The maximum atomic E-state index is 10.5. The molecule has 3 nitrogen and oxygen atoms in total. The van der Waals surface area contributed by atoms with Gasteiger partial charge in [0.05, 0.1) is 11.8 Å². The molecule has 114 valence electrons. The van der Waals surface area contributed by atoms with Crippen LogP contribution in [-0.4, -0.2) is 14.9 Å². The molecule has 0 saturated heterocycles. The molecule has 0 bridgehead atoms. The van der Waals surface area contributed by atoms with Crippen molar-refractivity contribution in [1.82, 2.24) is 9.78 Å². The average molecular weight is 286 g/mol. The molecule has 0 aliphatic rings. The van der Waals surface area contributed by atoms with Gasteiger partial charge in [-0.25, -0.2) is 0 Å². The van der Waals surface area contributed by atoms with Crippen molar-refractivity contribution < 1.29 is 5.11 Å². The predicted octanol–water partition coefficient (Wildman–Crippen LogP) is 3.61. The molecule has 3 heteroatoms. The molecule has 1 atom stereocenters. The summed E-state index contributed by atoms with van der Waals surface area (Å²) in [5, 5.41) is 14.9. The second-order valence-electron chi connectivity index (χ2n) is 6.86. The summed E-state index contributed by atoms with van der Waals surface area (Å²) in [5.74, 6) is 0. The molecule has 0 saturated carbocycles. The highest BCUT2D eigenvalue weighted by atomic mass is 16.3. The summed E-state index contributed by atoms with van der Waals surface area (Å²) in [5.41, 5.74) is 5.65. The number of benzene rings is 1. The van der Waals surface area contributed by atoms with Crippen LogP contribution in [0.4, 0.5) is 0 Å². The van der Waals surface area contributed by atoms with E-state index in [1.165, 1.54) is 5.56 Å². The summed E-state index contributed by atoms with van der Waals surface area (Å²) in [6.07, 6.45) is 0.126. The van der Waals surface area contributed by atoms with Gasteiger partial charge in [0.2, 0.25) is 0 Å². The van der Waals surface area contributed by atoms with Gasteiger partial charge in [-0.15, -0.1) is 0 Å². The molecule has 1 N–H and O–H groups in total. The number of aromatic nitrogens is 2. The number of aliphatic hydroxyl groups is 1. The van der Waals surface area contributed by atoms with Crippen LogP contribution in [0.2, 0.25) is 0 Å². The second kappa shape index (κ2) is 5.64. The Morgan fingerprint density at radius 2 is 1.71 bits per heavy atom. The number of rotatable bonds is 3. The van der Waals surface area contributed by atoms with Crippen molar-refractivity contribution in [2.75, 3.05) is 0 Å². The van der Waals surface area contributed by atoms with E-state index in [-0.39, 0.29) is 5.41 Å². The van der Waals surface area contributed by atoms with Crippen LogP contribution in [-0.2, 0) is 18.9 Å². The van der Waals surface area contributed by atoms with Crippen molar-refractivity contribution in [2.45, 2.75) is 52.6 Å². The summed E-state index contributed by atoms with van der Waals surface area (Å²) in [6, 6.07) is 8.29. The lowest BCUT2D eigenvalue weighted by Gasteiger charge is -2.20. The zero-order valence-electron chi connectivity index (χ0n) is 13.9. The minimum atomic E-state index is -0.486. The van der Waals surface area contributed by atoms with Crippen LogP contribution in [0.3, 0.4) is 0 Å². The first-order valence-corrected chi connectivity index (χ1v) is 7.47. The van der Waals surface area contributed by atoms with Gasteiger partial charge in [0.25, 0.3) is 0 Å². The minimum Gasteiger partial charge on any atom is -0.388 e. The number of aliphatic hydroxyl groups excluding tert-OH is 1. The highest BCUT2D eigenvalue weighted by molar-refractivity contribution is 5.31. The summed E-state index contributed by atoms with van der Waals surface area (Å²) < 4.78 is 1.88. The Balaban J connectivity index is 2.19. The van der Waals surface area contributed by atoms with E-state index in [2.05, 4.69) is 38.0 Å². The van der Waals surface area contributed by atoms with E-state index in [9.17, 15) is 5.11 Å². The van der Waals surface area contributed by atoms with E-state index >= 15 is 0 Å². The Hall–Kier alpha value is -1.61. The van der Waals surface area contributed by atoms with Gasteiger partial charge in [-0.1, -0.05) is 45.0 Å². The van der Waals surface area contributed by atoms with Gasteiger partial charge in [0.15, 0.2) is 0 Å². The third kappa shape index (κ3) is 3.35. The molecule has 0 fully saturated rings. The summed E-state index contributed by atoms with van der Waals surface area (Å²) in [6.45, 7) is 10.6. The average Bonchev–Trinajstić information content (AvgIpc) is 2.64. The molecule has 1 aromatic carbocycles. The molecule has 0 amide bonds. The first-order valence-electron chi connectivity index (χ1n) is 7.47. The van der Waals surface area contributed by atoms with Crippen molar-refractivity contribution in [2.24, 2.45) is 7.05 Å². The highest BCUT2D eigenvalue weighted by Crippen LogP contribution is 2.26. The molecule has 0 radical (unpaired) electrons. The van der Waals surface area contributed by atoms with Crippen LogP contribution in [0.25, 0.3) is 0 Å². The topological polar surface area (TPSA) is 38.0 Å². The summed E-state index contributed by atoms with van der Waals surface area (Å²) in [4.78, 5) is 0. The molecule has 2 aromatic rings. The van der Waals surface area contributed by atoms with Crippen molar-refractivity contribution in [3.63, 3.8) is 0 Å². The van der Waals surface area contributed by atoms with Gasteiger partial charge in [-0.2, -0.15) is 5.10 Å². The van der Waals surface area contributed by atoms with Crippen LogP contribution in [0, 0.1) is 13.8 Å². The van der Waals surface area contributed by atoms with Gasteiger partial charge in [0, 0.05) is 19.2 Å². The minimum absolute atomic E-state index is 0.139. The van der Waals surface area contributed by atoms with Crippen molar-refractivity contribution in [3.8, 4) is 0 Å². The van der Waals surface area contributed by atoms with Crippen LogP contribution < -0.4 is 0 Å². The lowest BCUT2D eigenvalue weighted by atomic mass is 9.86. The molecule has 21 heavy (non-hydrogen) atoms. The first-order chi connectivity index (χ1) is 9.70. The third-order valence-electron chi connectivity index (χ3n) is 4.22. The van der Waals surface area contributed by atoms with Crippen molar-refractivity contribution in [3.05, 3.63) is 52.3 Å². The van der Waals surface area contributed by atoms with E-state index in [0.717, 1.165) is 22.5 Å². The molecule has 2 rings (SSSR count). The van der Waals surface area contributed by atoms with Crippen LogP contribution in [0.5, 0.6) is 0 Å². The molecule has 0 aliphatic heterocycles. The maximum Gasteiger partial charge on any atom is 0.0831 e. The van der Waals surface area contributed by atoms with Crippen LogP contribution >= 0.6 is 0 Å². The number of nitrogens with zero attached hydrogens (tertiary/aromatic N) is 2. The standard InChI is InChI=1S/C18H26N2O/c1-12-16(13(2)20(6)19-12)11-17(21)14-7-9-15(10-8-14)18(3,4)5/h7-10,17,21H,11H2,1-6H3. The predicted molar refractivity (Wildman–Crippen MR) is 86.5 cm³/mol. The molecule has 1 aromatic heterocycles. The maximum absolute atomic E-state index is 10.5. The van der Waals surface area contributed by atoms with Gasteiger partial charge in [0.1, 0.15) is 0 Å². The lowest BCUT2D eigenvalue weighted by molar-refractivity contribution is 0.178. The smallest absolute Gasteiger partial charge is 0.0831 e. The second-order valence-corrected chi connectivity index (χ2v) is 6.86. The third-order valence-corrected chi connectivity index (χ3v) is 4.22. The van der Waals surface area contributed by atoms with E-state index in [0.29, 0.717) is 6.42 Å². The molecule has 1 unspecified atom stereocenters. The van der Waals surface area contributed by atoms with E-state index in [4.69, 9.17) is 0 Å². The van der Waals surface area contributed by atoms with Gasteiger partial charge in [-0.3, -0.25) is 4.68 Å². The van der Waals surface area contributed by atoms with Crippen LogP contribution in [0.1, 0.15) is 55.0 Å². The number of aryl methyl sites for hydroxylation is 2. The largest absolute Gasteiger partial charge is 0.388 e. The summed E-state index contributed by atoms with van der Waals surface area (Å²) >= 11 is 0. The van der Waals surface area contributed by atoms with Crippen molar-refractivity contribution >= 4 is 0 Å². The van der Waals surface area contributed by atoms with Gasteiger partial charge < -0.3 is 5.11 Å². The Kier molecular flexibility index (Phi) is 4.24. The first kappa shape index (κ1) is 15.8. The Labute approximate surface area is 127 Å². The van der Waals surface area contributed by atoms with Crippen molar-refractivity contribution in [1.29, 1.82) is 0 Å². The van der Waals surface area contributed by atoms with Gasteiger partial charge >= 0.3 is 0 Å². The molecular weight excluding hydrogens is 260 g/mol. The quantitative estimate of drug-likeness (QED) is 0.936. The fourth-order valence-electron chi connectivity index (χ4n) is 2.63. The number of hydrogen-bond acceptors (Lipinski definition) is 2. The van der Waals surface area contributed by atoms with E-state index in [1.807, 2.05) is 37.7 Å². The lowest BCUT2D eigenvalue weighted by Crippen LogP contribution is -2.11.